The summed E-state index contributed by atoms with van der Waals surface area (Å²) >= 11 is 0. The first-order valence-electron chi connectivity index (χ1n) is 4.42. The molecule has 0 N–H and O–H groups in total. The molecule has 3 heteroatoms. The number of likely N-dealkylation sites (N-methyl/N-ethyl adjacent to an activating group) is 1. The second-order valence-electron chi connectivity index (χ2n) is 4.29. The lowest BCUT2D eigenvalue weighted by Gasteiger charge is -2.34. The third kappa shape index (κ3) is 4.08. The quantitative estimate of drug-likeness (QED) is 0.462. The van der Waals surface area contributed by atoms with Gasteiger partial charge in [-0.1, -0.05) is 11.6 Å². The minimum atomic E-state index is -0.978. The van der Waals surface area contributed by atoms with E-state index in [9.17, 15) is 9.90 Å². The number of carboxylic acid groups (broad SMARTS) is 1. The van der Waals surface area contributed by atoms with E-state index in [-0.39, 0.29) is 0 Å². The van der Waals surface area contributed by atoms with Crippen molar-refractivity contribution < 1.29 is 14.4 Å². The summed E-state index contributed by atoms with van der Waals surface area (Å²) in [5.74, 6) is -0.978. The van der Waals surface area contributed by atoms with Crippen LogP contribution in [-0.4, -0.2) is 37.6 Å². The highest BCUT2D eigenvalue weighted by molar-refractivity contribution is 5.70. The van der Waals surface area contributed by atoms with Crippen molar-refractivity contribution in [3.8, 4) is 0 Å². The SMILES string of the molecule is C/C=C(\C)CC(C(=O)[O-])[N+](C)(C)C. The van der Waals surface area contributed by atoms with Crippen LogP contribution in [0.3, 0.4) is 0 Å². The number of carboxylic acids is 1. The standard InChI is InChI=1S/C10H19NO2/c1-6-8(2)7-9(10(12)13)11(3,4)5/h6,9H,7H2,1-5H3/b8-6+. The molecule has 0 saturated heterocycles. The van der Waals surface area contributed by atoms with Gasteiger partial charge in [0.25, 0.3) is 0 Å². The summed E-state index contributed by atoms with van der Waals surface area (Å²) < 4.78 is 0.396. The zero-order chi connectivity index (χ0) is 10.6. The summed E-state index contributed by atoms with van der Waals surface area (Å²) in [7, 11) is 5.59. The maximum Gasteiger partial charge on any atom is 0.132 e. The highest BCUT2D eigenvalue weighted by Crippen LogP contribution is 2.12. The molecular formula is C10H19NO2. The van der Waals surface area contributed by atoms with Crippen molar-refractivity contribution in [2.45, 2.75) is 26.3 Å². The maximum absolute atomic E-state index is 10.8. The smallest absolute Gasteiger partial charge is 0.132 e. The molecule has 0 saturated carbocycles. The second kappa shape index (κ2) is 4.42. The minimum Gasteiger partial charge on any atom is -0.544 e. The van der Waals surface area contributed by atoms with Crippen LogP contribution in [-0.2, 0) is 4.79 Å². The lowest BCUT2D eigenvalue weighted by atomic mass is 10.1. The van der Waals surface area contributed by atoms with E-state index in [2.05, 4.69) is 0 Å². The van der Waals surface area contributed by atoms with Gasteiger partial charge in [0.05, 0.1) is 27.1 Å². The highest BCUT2D eigenvalue weighted by atomic mass is 16.4. The first kappa shape index (κ1) is 12.2. The van der Waals surface area contributed by atoms with Gasteiger partial charge in [0.15, 0.2) is 0 Å². The molecule has 0 aliphatic heterocycles. The fourth-order valence-corrected chi connectivity index (χ4v) is 1.10. The predicted octanol–water partition coefficient (Wildman–Crippen LogP) is 0.167. The van der Waals surface area contributed by atoms with E-state index < -0.39 is 12.0 Å². The van der Waals surface area contributed by atoms with Crippen LogP contribution < -0.4 is 5.11 Å². The largest absolute Gasteiger partial charge is 0.544 e. The molecule has 0 aliphatic rings. The molecule has 0 rings (SSSR count). The number of hydrogen-bond acceptors (Lipinski definition) is 2. The fraction of sp³-hybridized carbons (Fsp3) is 0.700. The number of nitrogens with zero attached hydrogens (tertiary/aromatic N) is 1. The van der Waals surface area contributed by atoms with Crippen LogP contribution in [0.2, 0.25) is 0 Å². The molecule has 0 aromatic rings. The van der Waals surface area contributed by atoms with E-state index in [1.54, 1.807) is 0 Å². The van der Waals surface area contributed by atoms with Crippen molar-refractivity contribution in [1.29, 1.82) is 0 Å². The average Bonchev–Trinajstić information content (AvgIpc) is 1.96. The second-order valence-corrected chi connectivity index (χ2v) is 4.29. The maximum atomic E-state index is 10.8. The Hall–Kier alpha value is -0.830. The van der Waals surface area contributed by atoms with Gasteiger partial charge in [0.1, 0.15) is 6.04 Å². The number of rotatable bonds is 4. The molecule has 1 atom stereocenters. The number of quaternary nitrogens is 1. The molecule has 0 radical (unpaired) electrons. The van der Waals surface area contributed by atoms with Crippen molar-refractivity contribution in [2.75, 3.05) is 21.1 Å². The molecule has 0 aromatic heterocycles. The van der Waals surface area contributed by atoms with Crippen molar-refractivity contribution in [3.05, 3.63) is 11.6 Å². The summed E-state index contributed by atoms with van der Waals surface area (Å²) in [4.78, 5) is 10.8. The number of carbonyl (C=O) groups excluding carboxylic acids is 1. The molecule has 0 bridgehead atoms. The Balaban J connectivity index is 4.56. The van der Waals surface area contributed by atoms with Gasteiger partial charge in [0, 0.05) is 6.42 Å². The van der Waals surface area contributed by atoms with Crippen LogP contribution in [0.25, 0.3) is 0 Å². The van der Waals surface area contributed by atoms with Crippen molar-refractivity contribution in [1.82, 2.24) is 0 Å². The Labute approximate surface area is 80.3 Å². The summed E-state index contributed by atoms with van der Waals surface area (Å²) in [6, 6.07) is -0.462. The van der Waals surface area contributed by atoms with Gasteiger partial charge in [-0.15, -0.1) is 0 Å². The molecule has 0 heterocycles. The average molecular weight is 185 g/mol. The van der Waals surface area contributed by atoms with Gasteiger partial charge in [-0.3, -0.25) is 0 Å². The minimum absolute atomic E-state index is 0.396. The number of carbonyl (C=O) groups is 1. The van der Waals surface area contributed by atoms with Gasteiger partial charge in [-0.05, 0) is 13.8 Å². The monoisotopic (exact) mass is 185 g/mol. The van der Waals surface area contributed by atoms with Gasteiger partial charge in [-0.25, -0.2) is 0 Å². The summed E-state index contributed by atoms with van der Waals surface area (Å²) in [6.45, 7) is 3.85. The molecular weight excluding hydrogens is 166 g/mol. The Kier molecular flexibility index (Phi) is 4.14. The predicted molar refractivity (Wildman–Crippen MR) is 50.9 cm³/mol. The van der Waals surface area contributed by atoms with Gasteiger partial charge < -0.3 is 14.4 Å². The number of hydrogen-bond donors (Lipinski definition) is 0. The van der Waals surface area contributed by atoms with E-state index in [0.717, 1.165) is 5.57 Å². The van der Waals surface area contributed by atoms with Gasteiger partial charge in [0.2, 0.25) is 0 Å². The highest BCUT2D eigenvalue weighted by Gasteiger charge is 2.24. The Morgan fingerprint density at radius 1 is 1.46 bits per heavy atom. The topological polar surface area (TPSA) is 40.1 Å². The zero-order valence-electron chi connectivity index (χ0n) is 9.13. The fourth-order valence-electron chi connectivity index (χ4n) is 1.10. The summed E-state index contributed by atoms with van der Waals surface area (Å²) in [5, 5.41) is 10.8. The molecule has 0 spiro atoms. The van der Waals surface area contributed by atoms with E-state index in [1.807, 2.05) is 41.1 Å². The van der Waals surface area contributed by atoms with Crippen LogP contribution in [0, 0.1) is 0 Å². The van der Waals surface area contributed by atoms with Crippen LogP contribution >= 0.6 is 0 Å². The first-order chi connectivity index (χ1) is 5.79. The van der Waals surface area contributed by atoms with Crippen LogP contribution in [0.4, 0.5) is 0 Å². The lowest BCUT2D eigenvalue weighted by Crippen LogP contribution is -2.54. The Bertz CT molecular complexity index is 213. The van der Waals surface area contributed by atoms with Crippen molar-refractivity contribution >= 4 is 5.97 Å². The van der Waals surface area contributed by atoms with E-state index in [4.69, 9.17) is 0 Å². The zero-order valence-corrected chi connectivity index (χ0v) is 9.13. The number of aliphatic carboxylic acids is 1. The molecule has 1 unspecified atom stereocenters. The first-order valence-corrected chi connectivity index (χ1v) is 4.42. The van der Waals surface area contributed by atoms with E-state index in [1.165, 1.54) is 0 Å². The van der Waals surface area contributed by atoms with Gasteiger partial charge >= 0.3 is 0 Å². The van der Waals surface area contributed by atoms with E-state index >= 15 is 0 Å². The molecule has 0 amide bonds. The summed E-state index contributed by atoms with van der Waals surface area (Å²) in [6.07, 6.45) is 2.49. The van der Waals surface area contributed by atoms with Crippen LogP contribution in [0.1, 0.15) is 20.3 Å². The molecule has 3 nitrogen and oxygen atoms in total. The van der Waals surface area contributed by atoms with Crippen LogP contribution in [0.5, 0.6) is 0 Å². The van der Waals surface area contributed by atoms with Gasteiger partial charge in [-0.2, -0.15) is 0 Å². The molecule has 0 aliphatic carbocycles. The molecule has 0 fully saturated rings. The number of allylic oxidation sites excluding steroid dienone is 1. The Morgan fingerprint density at radius 3 is 2.15 bits per heavy atom. The molecule has 76 valence electrons. The lowest BCUT2D eigenvalue weighted by molar-refractivity contribution is -0.889. The molecule has 0 aromatic carbocycles. The van der Waals surface area contributed by atoms with Crippen molar-refractivity contribution in [3.63, 3.8) is 0 Å². The van der Waals surface area contributed by atoms with Crippen molar-refractivity contribution in [2.24, 2.45) is 0 Å². The normalized spacial score (nSPS) is 15.6. The molecule has 13 heavy (non-hydrogen) atoms. The van der Waals surface area contributed by atoms with E-state index in [0.29, 0.717) is 10.9 Å². The Morgan fingerprint density at radius 2 is 1.92 bits per heavy atom. The van der Waals surface area contributed by atoms with Crippen LogP contribution in [0.15, 0.2) is 11.6 Å². The summed E-state index contributed by atoms with van der Waals surface area (Å²) in [5.41, 5.74) is 1.09. The third-order valence-corrected chi connectivity index (χ3v) is 2.22. The third-order valence-electron chi connectivity index (χ3n) is 2.22.